The highest BCUT2D eigenvalue weighted by Gasteiger charge is 2.18. The predicted molar refractivity (Wildman–Crippen MR) is 148 cm³/mol. The number of rotatable bonds is 6. The van der Waals surface area contributed by atoms with Crippen molar-refractivity contribution < 1.29 is 9.18 Å². The first-order valence-electron chi connectivity index (χ1n) is 12.6. The Kier molecular flexibility index (Phi) is 6.07. The maximum atomic E-state index is 14.1. The third kappa shape index (κ3) is 4.84. The molecule has 0 aliphatic heterocycles. The average Bonchev–Trinajstić information content (AvgIpc) is 3.51. The number of hydrogen-bond donors (Lipinski definition) is 3. The quantitative estimate of drug-likeness (QED) is 0.245. The Morgan fingerprint density at radius 3 is 2.64 bits per heavy atom. The maximum absolute atomic E-state index is 14.1. The Morgan fingerprint density at radius 1 is 0.974 bits per heavy atom. The van der Waals surface area contributed by atoms with E-state index in [1.165, 1.54) is 12.1 Å². The summed E-state index contributed by atoms with van der Waals surface area (Å²) in [4.78, 5) is 34.0. The number of amides is 1. The number of benzene rings is 1. The third-order valence-electron chi connectivity index (χ3n) is 6.26. The Balaban J connectivity index is 1.39. The molecule has 1 aromatic carbocycles. The first-order chi connectivity index (χ1) is 18.8. The van der Waals surface area contributed by atoms with Gasteiger partial charge in [0.15, 0.2) is 11.5 Å². The number of hydrogen-bond acceptors (Lipinski definition) is 6. The van der Waals surface area contributed by atoms with Crippen molar-refractivity contribution in [2.45, 2.75) is 27.2 Å². The zero-order chi connectivity index (χ0) is 27.1. The van der Waals surface area contributed by atoms with Crippen LogP contribution in [0.25, 0.3) is 56.1 Å². The molecule has 10 heteroatoms. The van der Waals surface area contributed by atoms with Crippen molar-refractivity contribution in [1.82, 2.24) is 35.1 Å². The molecule has 6 rings (SSSR count). The number of carbonyl (C=O) groups excluding carboxylic acids is 1. The van der Waals surface area contributed by atoms with Gasteiger partial charge in [-0.25, -0.2) is 14.4 Å². The van der Waals surface area contributed by atoms with Crippen LogP contribution < -0.4 is 5.32 Å². The molecular formula is C29H25FN8O. The molecule has 0 radical (unpaired) electrons. The van der Waals surface area contributed by atoms with E-state index in [-0.39, 0.29) is 17.6 Å². The van der Waals surface area contributed by atoms with Crippen LogP contribution >= 0.6 is 0 Å². The lowest BCUT2D eigenvalue weighted by Crippen LogP contribution is -2.14. The monoisotopic (exact) mass is 520 g/mol. The molecule has 1 amide bonds. The van der Waals surface area contributed by atoms with E-state index in [2.05, 4.69) is 30.5 Å². The van der Waals surface area contributed by atoms with Crippen LogP contribution in [0, 0.1) is 18.7 Å². The highest BCUT2D eigenvalue weighted by Crippen LogP contribution is 2.31. The molecule has 9 nitrogen and oxygen atoms in total. The summed E-state index contributed by atoms with van der Waals surface area (Å²) in [5, 5.41) is 10.4. The third-order valence-corrected chi connectivity index (χ3v) is 6.26. The van der Waals surface area contributed by atoms with Crippen LogP contribution in [0.3, 0.4) is 0 Å². The maximum Gasteiger partial charge on any atom is 0.224 e. The Labute approximate surface area is 223 Å². The number of nitrogens with one attached hydrogen (secondary N) is 3. The molecular weight excluding hydrogens is 495 g/mol. The second-order valence-electron chi connectivity index (χ2n) is 9.93. The van der Waals surface area contributed by atoms with Gasteiger partial charge in [0.05, 0.1) is 34.3 Å². The highest BCUT2D eigenvalue weighted by atomic mass is 19.1. The van der Waals surface area contributed by atoms with Crippen molar-refractivity contribution in [1.29, 1.82) is 0 Å². The minimum atomic E-state index is -0.326. The van der Waals surface area contributed by atoms with Gasteiger partial charge in [-0.2, -0.15) is 5.10 Å². The second kappa shape index (κ2) is 9.71. The molecule has 0 fully saturated rings. The molecule has 5 heterocycles. The molecule has 39 heavy (non-hydrogen) atoms. The zero-order valence-electron chi connectivity index (χ0n) is 21.6. The van der Waals surface area contributed by atoms with Crippen LogP contribution in [-0.4, -0.2) is 41.0 Å². The molecule has 0 saturated heterocycles. The number of carbonyl (C=O) groups is 1. The zero-order valence-corrected chi connectivity index (χ0v) is 21.6. The fourth-order valence-electron chi connectivity index (χ4n) is 4.59. The molecule has 3 N–H and O–H groups in total. The van der Waals surface area contributed by atoms with Crippen LogP contribution in [0.15, 0.2) is 61.1 Å². The van der Waals surface area contributed by atoms with Gasteiger partial charge >= 0.3 is 0 Å². The molecule has 194 valence electrons. The van der Waals surface area contributed by atoms with Gasteiger partial charge in [-0.1, -0.05) is 13.8 Å². The number of imidazole rings is 1. The van der Waals surface area contributed by atoms with Crippen molar-refractivity contribution in [3.05, 3.63) is 72.4 Å². The van der Waals surface area contributed by atoms with Crippen LogP contribution in [0.1, 0.15) is 25.8 Å². The summed E-state index contributed by atoms with van der Waals surface area (Å²) in [5.41, 5.74) is 7.32. The molecule has 0 atom stereocenters. The van der Waals surface area contributed by atoms with E-state index in [4.69, 9.17) is 9.97 Å². The van der Waals surface area contributed by atoms with Gasteiger partial charge in [-0.15, -0.1) is 0 Å². The molecule has 0 bridgehead atoms. The predicted octanol–water partition coefficient (Wildman–Crippen LogP) is 6.06. The fourth-order valence-corrected chi connectivity index (χ4v) is 4.59. The van der Waals surface area contributed by atoms with E-state index >= 15 is 0 Å². The molecule has 0 aliphatic rings. The van der Waals surface area contributed by atoms with Crippen LogP contribution in [0.4, 0.5) is 10.1 Å². The number of H-pyrrole nitrogens is 2. The lowest BCUT2D eigenvalue weighted by Gasteiger charge is -2.08. The summed E-state index contributed by atoms with van der Waals surface area (Å²) in [5.74, 6) is 0.383. The number of aromatic nitrogens is 7. The molecule has 0 spiro atoms. The van der Waals surface area contributed by atoms with Gasteiger partial charge in [0.1, 0.15) is 16.9 Å². The van der Waals surface area contributed by atoms with E-state index < -0.39 is 0 Å². The number of aryl methyl sites for hydroxylation is 1. The van der Waals surface area contributed by atoms with Gasteiger partial charge in [-0.05, 0) is 60.9 Å². The summed E-state index contributed by atoms with van der Waals surface area (Å²) >= 11 is 0. The number of pyridine rings is 3. The van der Waals surface area contributed by atoms with Gasteiger partial charge in [-0.3, -0.25) is 19.9 Å². The largest absolute Gasteiger partial charge is 0.336 e. The van der Waals surface area contributed by atoms with Gasteiger partial charge in [0.25, 0.3) is 0 Å². The fraction of sp³-hybridized carbons (Fsp3) is 0.172. The van der Waals surface area contributed by atoms with Crippen molar-refractivity contribution in [3.8, 4) is 34.0 Å². The Morgan fingerprint density at radius 2 is 1.82 bits per heavy atom. The summed E-state index contributed by atoms with van der Waals surface area (Å²) in [6, 6.07) is 12.2. The molecule has 6 aromatic rings. The van der Waals surface area contributed by atoms with Crippen molar-refractivity contribution in [2.24, 2.45) is 5.92 Å². The molecule has 0 aliphatic carbocycles. The normalized spacial score (nSPS) is 11.5. The number of anilines is 1. The summed E-state index contributed by atoms with van der Waals surface area (Å²) in [6.07, 6.45) is 5.41. The summed E-state index contributed by atoms with van der Waals surface area (Å²) in [7, 11) is 0. The van der Waals surface area contributed by atoms with Crippen molar-refractivity contribution >= 4 is 33.7 Å². The number of nitrogens with zero attached hydrogens (tertiary/aromatic N) is 5. The van der Waals surface area contributed by atoms with Gasteiger partial charge in [0.2, 0.25) is 5.91 Å². The van der Waals surface area contributed by atoms with E-state index in [1.807, 2.05) is 51.1 Å². The van der Waals surface area contributed by atoms with Gasteiger partial charge in [0, 0.05) is 29.9 Å². The average molecular weight is 521 g/mol. The summed E-state index contributed by atoms with van der Waals surface area (Å²) < 4.78 is 14.1. The topological polar surface area (TPSA) is 125 Å². The highest BCUT2D eigenvalue weighted by molar-refractivity contribution is 5.95. The second-order valence-corrected chi connectivity index (χ2v) is 9.93. The Bertz CT molecular complexity index is 1840. The number of aromatic amines is 2. The minimum absolute atomic E-state index is 0.0587. The standard InChI is InChI=1S/C29H25FN8O/c1-15(2)8-24(39)33-20-12-18(13-31-14-20)21-4-5-23-27(34-21)28(38-37-23)29-35-22-6-7-32-25(26(22)36-29)17-9-16(3)10-19(30)11-17/h4-7,9-15H,8H2,1-3H3,(H,33,39)(H,35,36)(H,37,38). The van der Waals surface area contributed by atoms with E-state index in [9.17, 15) is 9.18 Å². The first-order valence-corrected chi connectivity index (χ1v) is 12.6. The SMILES string of the molecule is Cc1cc(F)cc(-c2nccc3[nH]c(-c4n[nH]c5ccc(-c6cncc(NC(=O)CC(C)C)c6)nc45)nc23)c1. The number of halogens is 1. The molecule has 0 unspecified atom stereocenters. The summed E-state index contributed by atoms with van der Waals surface area (Å²) in [6.45, 7) is 5.84. The van der Waals surface area contributed by atoms with Crippen molar-refractivity contribution in [2.75, 3.05) is 5.32 Å². The molecule has 5 aromatic heterocycles. The lowest BCUT2D eigenvalue weighted by molar-refractivity contribution is -0.116. The van der Waals surface area contributed by atoms with Crippen LogP contribution in [0.5, 0.6) is 0 Å². The first kappa shape index (κ1) is 24.4. The van der Waals surface area contributed by atoms with E-state index in [0.29, 0.717) is 51.6 Å². The number of fused-ring (bicyclic) bond motifs is 2. The van der Waals surface area contributed by atoms with E-state index in [0.717, 1.165) is 22.2 Å². The van der Waals surface area contributed by atoms with E-state index in [1.54, 1.807) is 18.6 Å². The molecule has 0 saturated carbocycles. The van der Waals surface area contributed by atoms with Gasteiger partial charge < -0.3 is 10.3 Å². The van der Waals surface area contributed by atoms with Crippen molar-refractivity contribution in [3.63, 3.8) is 0 Å². The Hall–Kier alpha value is -4.99. The minimum Gasteiger partial charge on any atom is -0.336 e. The van der Waals surface area contributed by atoms with Crippen LogP contribution in [-0.2, 0) is 4.79 Å². The lowest BCUT2D eigenvalue weighted by atomic mass is 10.1. The smallest absolute Gasteiger partial charge is 0.224 e. The van der Waals surface area contributed by atoms with Crippen LogP contribution in [0.2, 0.25) is 0 Å².